The zero-order valence-corrected chi connectivity index (χ0v) is 34.2. The van der Waals surface area contributed by atoms with Crippen LogP contribution in [0.1, 0.15) is 0 Å². The van der Waals surface area contributed by atoms with Gasteiger partial charge in [0.1, 0.15) is 11.2 Å². The average molecular weight is 810 g/mol. The molecular weight excluding hydrogens is 775 g/mol. The van der Waals surface area contributed by atoms with Gasteiger partial charge in [0.15, 0.2) is 17.5 Å². The molecule has 0 atom stereocenters. The zero-order valence-electron chi connectivity index (χ0n) is 33.4. The Balaban J connectivity index is 0.959. The summed E-state index contributed by atoms with van der Waals surface area (Å²) in [5.74, 6) is 1.85. The van der Waals surface area contributed by atoms with Crippen molar-refractivity contribution in [1.29, 1.82) is 0 Å². The Hall–Kier alpha value is -7.99. The van der Waals surface area contributed by atoms with E-state index in [1.807, 2.05) is 54.6 Å². The number of rotatable bonds is 7. The van der Waals surface area contributed by atoms with Gasteiger partial charge in [-0.15, -0.1) is 11.3 Å². The first kappa shape index (κ1) is 35.9. The normalized spacial score (nSPS) is 11.5. The maximum absolute atomic E-state index is 6.29. The third-order valence-corrected chi connectivity index (χ3v) is 12.9. The Labute approximate surface area is 362 Å². The SMILES string of the molecule is c1ccc(-c2ccc(-c3ccccc3-c3cccc(-c4ccc5sc6cccc(-c7nc(-c8ccccc8)nc(-c8ccc9c(c8)oc8ccccc89)n7)c6c5c4)c3)cc2)cc1. The summed E-state index contributed by atoms with van der Waals surface area (Å²) < 4.78 is 8.69. The van der Waals surface area contributed by atoms with Gasteiger partial charge in [-0.1, -0.05) is 170 Å². The second-order valence-corrected chi connectivity index (χ2v) is 16.6. The van der Waals surface area contributed by atoms with Gasteiger partial charge in [0, 0.05) is 47.6 Å². The first-order valence-corrected chi connectivity index (χ1v) is 21.6. The highest BCUT2D eigenvalue weighted by molar-refractivity contribution is 7.26. The quantitative estimate of drug-likeness (QED) is 0.161. The largest absolute Gasteiger partial charge is 0.456 e. The molecule has 4 nitrogen and oxygen atoms in total. The van der Waals surface area contributed by atoms with Gasteiger partial charge in [0.2, 0.25) is 0 Å². The minimum absolute atomic E-state index is 0.595. The molecule has 62 heavy (non-hydrogen) atoms. The van der Waals surface area contributed by atoms with E-state index < -0.39 is 0 Å². The van der Waals surface area contributed by atoms with Gasteiger partial charge >= 0.3 is 0 Å². The zero-order chi connectivity index (χ0) is 41.0. The van der Waals surface area contributed by atoms with E-state index in [2.05, 4.69) is 158 Å². The van der Waals surface area contributed by atoms with Crippen LogP contribution in [0.4, 0.5) is 0 Å². The van der Waals surface area contributed by atoms with Crippen LogP contribution in [-0.4, -0.2) is 15.0 Å². The van der Waals surface area contributed by atoms with Gasteiger partial charge < -0.3 is 4.42 Å². The number of benzene rings is 9. The maximum atomic E-state index is 6.29. The topological polar surface area (TPSA) is 51.8 Å². The third-order valence-electron chi connectivity index (χ3n) is 11.8. The highest BCUT2D eigenvalue weighted by Crippen LogP contribution is 2.43. The van der Waals surface area contributed by atoms with Crippen LogP contribution >= 0.6 is 11.3 Å². The van der Waals surface area contributed by atoms with Crippen molar-refractivity contribution in [2.45, 2.75) is 0 Å². The second-order valence-electron chi connectivity index (χ2n) is 15.5. The van der Waals surface area contributed by atoms with Crippen molar-refractivity contribution in [2.75, 3.05) is 0 Å². The predicted octanol–water partition coefficient (Wildman–Crippen LogP) is 15.8. The van der Waals surface area contributed by atoms with Crippen molar-refractivity contribution < 1.29 is 4.42 Å². The Bertz CT molecular complexity index is 3630. The molecule has 0 radical (unpaired) electrons. The molecule has 0 saturated heterocycles. The fourth-order valence-corrected chi connectivity index (χ4v) is 9.84. The van der Waals surface area contributed by atoms with Crippen molar-refractivity contribution in [3.8, 4) is 78.7 Å². The Morgan fingerprint density at radius 3 is 1.66 bits per heavy atom. The molecule has 0 aliphatic rings. The van der Waals surface area contributed by atoms with Crippen LogP contribution in [0.5, 0.6) is 0 Å². The number of thiophene rings is 1. The third kappa shape index (κ3) is 6.35. The molecule has 3 aromatic heterocycles. The number of nitrogens with zero attached hydrogens (tertiary/aromatic N) is 3. The Morgan fingerprint density at radius 2 is 0.839 bits per heavy atom. The fraction of sp³-hybridized carbons (Fsp3) is 0. The number of hydrogen-bond donors (Lipinski definition) is 0. The molecule has 0 bridgehead atoms. The lowest BCUT2D eigenvalue weighted by molar-refractivity contribution is 0.669. The van der Waals surface area contributed by atoms with Gasteiger partial charge in [0.05, 0.1) is 0 Å². The summed E-state index contributed by atoms with van der Waals surface area (Å²) in [5, 5.41) is 4.47. The minimum atomic E-state index is 0.595. The molecule has 0 amide bonds. The van der Waals surface area contributed by atoms with Gasteiger partial charge in [-0.3, -0.25) is 0 Å². The van der Waals surface area contributed by atoms with Gasteiger partial charge in [-0.2, -0.15) is 0 Å². The second kappa shape index (κ2) is 14.9. The molecule has 0 saturated carbocycles. The van der Waals surface area contributed by atoms with Gasteiger partial charge in [-0.05, 0) is 87.0 Å². The van der Waals surface area contributed by atoms with E-state index in [1.54, 1.807) is 11.3 Å². The Kier molecular flexibility index (Phi) is 8.65. The molecule has 290 valence electrons. The molecule has 5 heteroatoms. The number of furan rings is 1. The van der Waals surface area contributed by atoms with Crippen LogP contribution in [0.2, 0.25) is 0 Å². The van der Waals surface area contributed by atoms with E-state index in [1.165, 1.54) is 48.2 Å². The van der Waals surface area contributed by atoms with Crippen molar-refractivity contribution in [3.63, 3.8) is 0 Å². The highest BCUT2D eigenvalue weighted by Gasteiger charge is 2.19. The van der Waals surface area contributed by atoms with E-state index >= 15 is 0 Å². The molecule has 3 heterocycles. The summed E-state index contributed by atoms with van der Waals surface area (Å²) in [7, 11) is 0. The number of para-hydroxylation sites is 1. The summed E-state index contributed by atoms with van der Waals surface area (Å²) in [6.45, 7) is 0. The molecule has 9 aromatic carbocycles. The van der Waals surface area contributed by atoms with Crippen LogP contribution in [0, 0.1) is 0 Å². The molecule has 12 rings (SSSR count). The lowest BCUT2D eigenvalue weighted by Crippen LogP contribution is -2.00. The predicted molar refractivity (Wildman–Crippen MR) is 258 cm³/mol. The maximum Gasteiger partial charge on any atom is 0.164 e. The highest BCUT2D eigenvalue weighted by atomic mass is 32.1. The van der Waals surface area contributed by atoms with Crippen LogP contribution in [0.3, 0.4) is 0 Å². The molecule has 12 aromatic rings. The van der Waals surface area contributed by atoms with Crippen LogP contribution in [0.25, 0.3) is 121 Å². The van der Waals surface area contributed by atoms with E-state index in [9.17, 15) is 0 Å². The molecule has 0 aliphatic carbocycles. The molecular formula is C57H35N3OS. The van der Waals surface area contributed by atoms with Crippen molar-refractivity contribution >= 4 is 53.4 Å². The van der Waals surface area contributed by atoms with Crippen LogP contribution in [-0.2, 0) is 0 Å². The summed E-state index contributed by atoms with van der Waals surface area (Å²) >= 11 is 1.79. The van der Waals surface area contributed by atoms with Crippen molar-refractivity contribution in [1.82, 2.24) is 15.0 Å². The lowest BCUT2D eigenvalue weighted by Gasteiger charge is -2.13. The monoisotopic (exact) mass is 809 g/mol. The summed E-state index contributed by atoms with van der Waals surface area (Å²) in [4.78, 5) is 15.4. The molecule has 0 aliphatic heterocycles. The van der Waals surface area contributed by atoms with Crippen LogP contribution in [0.15, 0.2) is 217 Å². The first-order valence-electron chi connectivity index (χ1n) is 20.7. The number of fused-ring (bicyclic) bond motifs is 6. The smallest absolute Gasteiger partial charge is 0.164 e. The average Bonchev–Trinajstić information content (AvgIpc) is 3.92. The molecule has 0 spiro atoms. The summed E-state index contributed by atoms with van der Waals surface area (Å²) in [6, 6.07) is 74.8. The van der Waals surface area contributed by atoms with E-state index in [4.69, 9.17) is 19.4 Å². The number of aromatic nitrogens is 3. The van der Waals surface area contributed by atoms with Gasteiger partial charge in [0.25, 0.3) is 0 Å². The van der Waals surface area contributed by atoms with E-state index in [0.717, 1.165) is 55.1 Å². The summed E-state index contributed by atoms with van der Waals surface area (Å²) in [6.07, 6.45) is 0. The Morgan fingerprint density at radius 1 is 0.290 bits per heavy atom. The standard InChI is InChI=1S/C57H35N3OS/c1-3-13-36(14-4-1)37-25-27-38(28-26-37)44-19-7-8-20-45(44)42-18-11-17-40(33-42)41-30-32-52-49(34-41)54-48(22-12-24-53(54)62-52)57-59-55(39-15-5-2-6-16-39)58-56(60-57)43-29-31-47-46-21-9-10-23-50(46)61-51(47)35-43/h1-35H. The van der Waals surface area contributed by atoms with Crippen LogP contribution < -0.4 is 0 Å². The number of hydrogen-bond acceptors (Lipinski definition) is 5. The van der Waals surface area contributed by atoms with E-state index in [0.29, 0.717) is 17.5 Å². The molecule has 0 N–H and O–H groups in total. The first-order chi connectivity index (χ1) is 30.7. The minimum Gasteiger partial charge on any atom is -0.456 e. The molecule has 0 unspecified atom stereocenters. The van der Waals surface area contributed by atoms with E-state index in [-0.39, 0.29) is 0 Å². The fourth-order valence-electron chi connectivity index (χ4n) is 8.73. The van der Waals surface area contributed by atoms with Gasteiger partial charge in [-0.25, -0.2) is 15.0 Å². The summed E-state index contributed by atoms with van der Waals surface area (Å²) in [5.41, 5.74) is 13.9. The van der Waals surface area contributed by atoms with Crippen molar-refractivity contribution in [3.05, 3.63) is 212 Å². The lowest BCUT2D eigenvalue weighted by atomic mass is 9.91. The molecule has 0 fully saturated rings. The van der Waals surface area contributed by atoms with Crippen molar-refractivity contribution in [2.24, 2.45) is 0 Å².